The van der Waals surface area contributed by atoms with Crippen molar-refractivity contribution in [3.63, 3.8) is 0 Å². The fraction of sp³-hybridized carbons (Fsp3) is 0.154. The van der Waals surface area contributed by atoms with Gasteiger partial charge in [0, 0.05) is 11.1 Å². The Hall–Kier alpha value is -3.77. The van der Waals surface area contributed by atoms with E-state index in [0.29, 0.717) is 46.7 Å². The largest absolute Gasteiger partial charge is 0.494 e. The second-order valence-corrected chi connectivity index (χ2v) is 7.62. The summed E-state index contributed by atoms with van der Waals surface area (Å²) in [6.07, 6.45) is 0. The zero-order valence-electron chi connectivity index (χ0n) is 18.3. The number of para-hydroxylation sites is 2. The predicted molar refractivity (Wildman–Crippen MR) is 130 cm³/mol. The van der Waals surface area contributed by atoms with E-state index in [9.17, 15) is 9.59 Å². The number of hydrogen-bond acceptors (Lipinski definition) is 5. The summed E-state index contributed by atoms with van der Waals surface area (Å²) in [4.78, 5) is 28.3. The standard InChI is InChI=1S/C26H23ClN2O4/c1-3-32-20-9-7-8-19(16-20)29-25(30)23(17-12-14-18(27)15-13-17)24(26(29)31)28-21-10-5-6-11-22(21)33-4-2/h5-16,28H,3-4H2,1-2H3. The molecule has 0 bridgehead atoms. The molecule has 0 aromatic heterocycles. The average molecular weight is 463 g/mol. The number of hydrogen-bond donors (Lipinski definition) is 1. The molecule has 0 unspecified atom stereocenters. The lowest BCUT2D eigenvalue weighted by molar-refractivity contribution is -0.120. The molecule has 1 aliphatic rings. The number of anilines is 2. The Morgan fingerprint density at radius 2 is 1.58 bits per heavy atom. The topological polar surface area (TPSA) is 67.9 Å². The zero-order chi connectivity index (χ0) is 23.4. The Morgan fingerprint density at radius 1 is 0.848 bits per heavy atom. The number of nitrogens with zero attached hydrogens (tertiary/aromatic N) is 1. The molecule has 1 N–H and O–H groups in total. The molecule has 0 spiro atoms. The molecule has 4 rings (SSSR count). The molecule has 0 fully saturated rings. The maximum atomic E-state index is 13.6. The van der Waals surface area contributed by atoms with Crippen LogP contribution >= 0.6 is 11.6 Å². The van der Waals surface area contributed by atoms with Gasteiger partial charge in [-0.25, -0.2) is 4.90 Å². The Bertz CT molecular complexity index is 1220. The van der Waals surface area contributed by atoms with Gasteiger partial charge in [-0.15, -0.1) is 0 Å². The Morgan fingerprint density at radius 3 is 2.30 bits per heavy atom. The minimum atomic E-state index is -0.468. The molecule has 0 aliphatic carbocycles. The molecule has 0 saturated carbocycles. The molecule has 7 heteroatoms. The molecule has 0 radical (unpaired) electrons. The van der Waals surface area contributed by atoms with E-state index in [-0.39, 0.29) is 11.3 Å². The summed E-state index contributed by atoms with van der Waals surface area (Å²) in [6, 6.07) is 21.0. The fourth-order valence-corrected chi connectivity index (χ4v) is 3.76. The fourth-order valence-electron chi connectivity index (χ4n) is 3.63. The Kier molecular flexibility index (Phi) is 6.66. The van der Waals surface area contributed by atoms with Crippen molar-refractivity contribution in [2.45, 2.75) is 13.8 Å². The SMILES string of the molecule is CCOc1cccc(N2C(=O)C(Nc3ccccc3OCC)=C(c3ccc(Cl)cc3)C2=O)c1. The normalized spacial score (nSPS) is 13.5. The van der Waals surface area contributed by atoms with Gasteiger partial charge in [-0.3, -0.25) is 9.59 Å². The molecular weight excluding hydrogens is 440 g/mol. The van der Waals surface area contributed by atoms with E-state index >= 15 is 0 Å². The summed E-state index contributed by atoms with van der Waals surface area (Å²) in [5, 5.41) is 3.69. The van der Waals surface area contributed by atoms with Crippen molar-refractivity contribution in [3.05, 3.63) is 89.1 Å². The van der Waals surface area contributed by atoms with Crippen LogP contribution in [0.2, 0.25) is 5.02 Å². The van der Waals surface area contributed by atoms with E-state index in [4.69, 9.17) is 21.1 Å². The molecule has 3 aromatic carbocycles. The van der Waals surface area contributed by atoms with Gasteiger partial charge in [0.1, 0.15) is 17.2 Å². The van der Waals surface area contributed by atoms with Crippen molar-refractivity contribution in [1.29, 1.82) is 0 Å². The number of rotatable bonds is 8. The van der Waals surface area contributed by atoms with Gasteiger partial charge in [-0.1, -0.05) is 41.9 Å². The first-order chi connectivity index (χ1) is 16.0. The van der Waals surface area contributed by atoms with Gasteiger partial charge in [-0.05, 0) is 55.8 Å². The predicted octanol–water partition coefficient (Wildman–Crippen LogP) is 5.53. The lowest BCUT2D eigenvalue weighted by atomic mass is 10.0. The number of carbonyl (C=O) groups is 2. The van der Waals surface area contributed by atoms with Gasteiger partial charge in [0.15, 0.2) is 0 Å². The van der Waals surface area contributed by atoms with Gasteiger partial charge < -0.3 is 14.8 Å². The van der Waals surface area contributed by atoms with Crippen molar-refractivity contribution in [1.82, 2.24) is 0 Å². The quantitative estimate of drug-likeness (QED) is 0.445. The first-order valence-corrected chi connectivity index (χ1v) is 11.0. The number of ether oxygens (including phenoxy) is 2. The van der Waals surface area contributed by atoms with Crippen molar-refractivity contribution in [3.8, 4) is 11.5 Å². The molecule has 168 valence electrons. The van der Waals surface area contributed by atoms with Crippen LogP contribution in [-0.2, 0) is 9.59 Å². The van der Waals surface area contributed by atoms with Crippen LogP contribution in [0.25, 0.3) is 5.57 Å². The Labute approximate surface area is 197 Å². The summed E-state index contributed by atoms with van der Waals surface area (Å²) < 4.78 is 11.2. The summed E-state index contributed by atoms with van der Waals surface area (Å²) in [5.74, 6) is 0.254. The third-order valence-corrected chi connectivity index (χ3v) is 5.30. The van der Waals surface area contributed by atoms with Crippen molar-refractivity contribution >= 4 is 40.4 Å². The highest BCUT2D eigenvalue weighted by Gasteiger charge is 2.40. The lowest BCUT2D eigenvalue weighted by Crippen LogP contribution is -2.32. The minimum absolute atomic E-state index is 0.163. The Balaban J connectivity index is 1.80. The van der Waals surface area contributed by atoms with Crippen LogP contribution < -0.4 is 19.7 Å². The number of benzene rings is 3. The van der Waals surface area contributed by atoms with E-state index < -0.39 is 11.8 Å². The number of amides is 2. The van der Waals surface area contributed by atoms with Crippen LogP contribution in [0.5, 0.6) is 11.5 Å². The minimum Gasteiger partial charge on any atom is -0.494 e. The smallest absolute Gasteiger partial charge is 0.282 e. The molecule has 2 amide bonds. The molecular formula is C26H23ClN2O4. The van der Waals surface area contributed by atoms with Crippen LogP contribution in [0.4, 0.5) is 11.4 Å². The van der Waals surface area contributed by atoms with Crippen LogP contribution in [0.3, 0.4) is 0 Å². The summed E-state index contributed by atoms with van der Waals surface area (Å²) >= 11 is 6.05. The highest BCUT2D eigenvalue weighted by Crippen LogP contribution is 2.36. The zero-order valence-corrected chi connectivity index (χ0v) is 19.1. The van der Waals surface area contributed by atoms with Gasteiger partial charge in [-0.2, -0.15) is 0 Å². The summed E-state index contributed by atoms with van der Waals surface area (Å²) in [5.41, 5.74) is 2.02. The molecule has 1 heterocycles. The third kappa shape index (κ3) is 4.56. The summed E-state index contributed by atoms with van der Waals surface area (Å²) in [7, 11) is 0. The van der Waals surface area contributed by atoms with Crippen LogP contribution in [0, 0.1) is 0 Å². The highest BCUT2D eigenvalue weighted by molar-refractivity contribution is 6.46. The van der Waals surface area contributed by atoms with E-state index in [1.54, 1.807) is 60.7 Å². The second-order valence-electron chi connectivity index (χ2n) is 7.19. The molecule has 33 heavy (non-hydrogen) atoms. The second kappa shape index (κ2) is 9.79. The maximum absolute atomic E-state index is 13.6. The molecule has 6 nitrogen and oxygen atoms in total. The summed E-state index contributed by atoms with van der Waals surface area (Å²) in [6.45, 7) is 4.69. The molecule has 0 saturated heterocycles. The molecule has 1 aliphatic heterocycles. The van der Waals surface area contributed by atoms with E-state index in [1.807, 2.05) is 26.0 Å². The molecule has 3 aromatic rings. The number of carbonyl (C=O) groups excluding carboxylic acids is 2. The van der Waals surface area contributed by atoms with Crippen molar-refractivity contribution < 1.29 is 19.1 Å². The van der Waals surface area contributed by atoms with Crippen molar-refractivity contribution in [2.24, 2.45) is 0 Å². The monoisotopic (exact) mass is 462 g/mol. The van der Waals surface area contributed by atoms with Crippen LogP contribution in [-0.4, -0.2) is 25.0 Å². The van der Waals surface area contributed by atoms with E-state index in [0.717, 1.165) is 4.90 Å². The van der Waals surface area contributed by atoms with Gasteiger partial charge in [0.25, 0.3) is 11.8 Å². The average Bonchev–Trinajstić information content (AvgIpc) is 3.05. The van der Waals surface area contributed by atoms with Gasteiger partial charge in [0.05, 0.1) is 30.2 Å². The van der Waals surface area contributed by atoms with Crippen LogP contribution in [0.1, 0.15) is 19.4 Å². The lowest BCUT2D eigenvalue weighted by Gasteiger charge is -2.17. The number of nitrogens with one attached hydrogen (secondary N) is 1. The number of halogens is 1. The number of imide groups is 1. The highest BCUT2D eigenvalue weighted by atomic mass is 35.5. The van der Waals surface area contributed by atoms with Crippen LogP contribution in [0.15, 0.2) is 78.5 Å². The first kappa shape index (κ1) is 22.4. The van der Waals surface area contributed by atoms with E-state index in [2.05, 4.69) is 5.32 Å². The van der Waals surface area contributed by atoms with Crippen molar-refractivity contribution in [2.75, 3.05) is 23.4 Å². The van der Waals surface area contributed by atoms with Gasteiger partial charge in [0.2, 0.25) is 0 Å². The van der Waals surface area contributed by atoms with E-state index in [1.165, 1.54) is 0 Å². The maximum Gasteiger partial charge on any atom is 0.282 e. The first-order valence-electron chi connectivity index (χ1n) is 10.6. The third-order valence-electron chi connectivity index (χ3n) is 5.05. The van der Waals surface area contributed by atoms with Gasteiger partial charge >= 0.3 is 0 Å². The molecule has 0 atom stereocenters.